The minimum atomic E-state index is -0.199. The SMILES string of the molecule is Cc1cc(NC(=O)Cn2ccc(N)n2)n[nH]1. The van der Waals surface area contributed by atoms with E-state index in [9.17, 15) is 4.79 Å². The maximum absolute atomic E-state index is 11.5. The molecule has 4 N–H and O–H groups in total. The normalized spacial score (nSPS) is 10.3. The first-order chi connectivity index (χ1) is 7.63. The lowest BCUT2D eigenvalue weighted by atomic mass is 10.4. The summed E-state index contributed by atoms with van der Waals surface area (Å²) in [5.74, 6) is 0.695. The van der Waals surface area contributed by atoms with Crippen LogP contribution in [0.15, 0.2) is 18.3 Å². The van der Waals surface area contributed by atoms with Gasteiger partial charge in [-0.25, -0.2) is 0 Å². The zero-order valence-electron chi connectivity index (χ0n) is 8.77. The Morgan fingerprint density at radius 2 is 2.50 bits per heavy atom. The molecule has 0 unspecified atom stereocenters. The van der Waals surface area contributed by atoms with Crippen molar-refractivity contribution in [3.8, 4) is 0 Å². The molecule has 2 heterocycles. The highest BCUT2D eigenvalue weighted by atomic mass is 16.2. The van der Waals surface area contributed by atoms with Crippen LogP contribution in [0.3, 0.4) is 0 Å². The Kier molecular flexibility index (Phi) is 2.59. The summed E-state index contributed by atoms with van der Waals surface area (Å²) in [7, 11) is 0. The van der Waals surface area contributed by atoms with E-state index in [1.807, 2.05) is 6.92 Å². The number of carbonyl (C=O) groups excluding carboxylic acids is 1. The van der Waals surface area contributed by atoms with Gasteiger partial charge < -0.3 is 11.1 Å². The fourth-order valence-corrected chi connectivity index (χ4v) is 1.28. The van der Waals surface area contributed by atoms with Crippen LogP contribution in [0.25, 0.3) is 0 Å². The number of H-pyrrole nitrogens is 1. The Morgan fingerprint density at radius 3 is 3.06 bits per heavy atom. The molecule has 0 aliphatic carbocycles. The predicted octanol–water partition coefficient (Wildman–Crippen LogP) is 0.136. The average molecular weight is 220 g/mol. The van der Waals surface area contributed by atoms with E-state index in [0.717, 1.165) is 5.69 Å². The highest BCUT2D eigenvalue weighted by Crippen LogP contribution is 2.04. The van der Waals surface area contributed by atoms with E-state index in [1.165, 1.54) is 4.68 Å². The Hall–Kier alpha value is -2.31. The second-order valence-electron chi connectivity index (χ2n) is 3.42. The zero-order valence-corrected chi connectivity index (χ0v) is 8.77. The average Bonchev–Trinajstić information content (AvgIpc) is 2.76. The van der Waals surface area contributed by atoms with Gasteiger partial charge in [0.1, 0.15) is 12.4 Å². The Bertz CT molecular complexity index is 455. The molecule has 0 bridgehead atoms. The molecule has 7 nitrogen and oxygen atoms in total. The van der Waals surface area contributed by atoms with Crippen LogP contribution in [0, 0.1) is 6.92 Å². The van der Waals surface area contributed by atoms with Gasteiger partial charge in [0.25, 0.3) is 0 Å². The lowest BCUT2D eigenvalue weighted by Gasteiger charge is -2.01. The number of nitrogens with two attached hydrogens (primary N) is 1. The molecule has 0 radical (unpaired) electrons. The number of nitrogens with zero attached hydrogens (tertiary/aromatic N) is 3. The highest BCUT2D eigenvalue weighted by Gasteiger charge is 2.06. The van der Waals surface area contributed by atoms with Gasteiger partial charge in [0.05, 0.1) is 0 Å². The second kappa shape index (κ2) is 4.05. The summed E-state index contributed by atoms with van der Waals surface area (Å²) in [6.07, 6.45) is 1.64. The lowest BCUT2D eigenvalue weighted by molar-refractivity contribution is -0.116. The molecule has 16 heavy (non-hydrogen) atoms. The summed E-state index contributed by atoms with van der Waals surface area (Å²) in [6.45, 7) is 1.97. The molecule has 0 saturated carbocycles. The van der Waals surface area contributed by atoms with Gasteiger partial charge in [-0.05, 0) is 13.0 Å². The summed E-state index contributed by atoms with van der Waals surface area (Å²) in [5, 5.41) is 13.2. The van der Waals surface area contributed by atoms with Gasteiger partial charge >= 0.3 is 0 Å². The number of amides is 1. The topological polar surface area (TPSA) is 102 Å². The number of nitrogen functional groups attached to an aromatic ring is 1. The van der Waals surface area contributed by atoms with Crippen LogP contribution in [0.4, 0.5) is 11.6 Å². The van der Waals surface area contributed by atoms with E-state index in [1.54, 1.807) is 18.3 Å². The number of carbonyl (C=O) groups is 1. The molecule has 0 fully saturated rings. The second-order valence-corrected chi connectivity index (χ2v) is 3.42. The van der Waals surface area contributed by atoms with Crippen LogP contribution in [-0.4, -0.2) is 25.9 Å². The van der Waals surface area contributed by atoms with Crippen molar-refractivity contribution in [2.45, 2.75) is 13.5 Å². The number of aromatic amines is 1. The van der Waals surface area contributed by atoms with Crippen molar-refractivity contribution in [3.05, 3.63) is 24.0 Å². The maximum atomic E-state index is 11.5. The Labute approximate surface area is 91.6 Å². The molecule has 0 aliphatic rings. The quantitative estimate of drug-likeness (QED) is 0.684. The molecule has 7 heteroatoms. The Morgan fingerprint density at radius 1 is 1.69 bits per heavy atom. The molecule has 0 aromatic carbocycles. The Balaban J connectivity index is 1.94. The van der Waals surface area contributed by atoms with Crippen molar-refractivity contribution >= 4 is 17.5 Å². The number of anilines is 2. The van der Waals surface area contributed by atoms with E-state index in [4.69, 9.17) is 5.73 Å². The van der Waals surface area contributed by atoms with E-state index in [2.05, 4.69) is 20.6 Å². The van der Waals surface area contributed by atoms with E-state index >= 15 is 0 Å². The van der Waals surface area contributed by atoms with Crippen LogP contribution in [0.1, 0.15) is 5.69 Å². The van der Waals surface area contributed by atoms with E-state index < -0.39 is 0 Å². The number of hydrogen-bond acceptors (Lipinski definition) is 4. The number of rotatable bonds is 3. The molecular weight excluding hydrogens is 208 g/mol. The van der Waals surface area contributed by atoms with Gasteiger partial charge in [-0.1, -0.05) is 0 Å². The van der Waals surface area contributed by atoms with Gasteiger partial charge in [-0.2, -0.15) is 10.2 Å². The van der Waals surface area contributed by atoms with Crippen LogP contribution in [0.2, 0.25) is 0 Å². The van der Waals surface area contributed by atoms with Crippen molar-refractivity contribution in [3.63, 3.8) is 0 Å². The third kappa shape index (κ3) is 2.38. The van der Waals surface area contributed by atoms with E-state index in [0.29, 0.717) is 11.6 Å². The van der Waals surface area contributed by atoms with Crippen molar-refractivity contribution in [2.75, 3.05) is 11.1 Å². The maximum Gasteiger partial charge on any atom is 0.247 e. The summed E-state index contributed by atoms with van der Waals surface area (Å²) in [4.78, 5) is 11.5. The largest absolute Gasteiger partial charge is 0.382 e. The van der Waals surface area contributed by atoms with Crippen molar-refractivity contribution in [1.29, 1.82) is 0 Å². The molecule has 2 rings (SSSR count). The van der Waals surface area contributed by atoms with Gasteiger partial charge in [0.2, 0.25) is 5.91 Å². The summed E-state index contributed by atoms with van der Waals surface area (Å²) in [6, 6.07) is 3.38. The molecule has 0 aliphatic heterocycles. The first-order valence-electron chi connectivity index (χ1n) is 4.74. The number of nitrogens with one attached hydrogen (secondary N) is 2. The smallest absolute Gasteiger partial charge is 0.247 e. The van der Waals surface area contributed by atoms with E-state index in [-0.39, 0.29) is 12.5 Å². The molecule has 0 saturated heterocycles. The van der Waals surface area contributed by atoms with Crippen LogP contribution >= 0.6 is 0 Å². The number of hydrogen-bond donors (Lipinski definition) is 3. The molecular formula is C9H12N6O. The molecule has 84 valence electrons. The van der Waals surface area contributed by atoms with Gasteiger partial charge in [-0.15, -0.1) is 0 Å². The molecule has 1 amide bonds. The van der Waals surface area contributed by atoms with Gasteiger partial charge in [0.15, 0.2) is 5.82 Å². The first kappa shape index (κ1) is 10.2. The minimum absolute atomic E-state index is 0.114. The monoisotopic (exact) mass is 220 g/mol. The minimum Gasteiger partial charge on any atom is -0.382 e. The fraction of sp³-hybridized carbons (Fsp3) is 0.222. The van der Waals surface area contributed by atoms with Crippen LogP contribution in [-0.2, 0) is 11.3 Å². The van der Waals surface area contributed by atoms with Crippen molar-refractivity contribution in [1.82, 2.24) is 20.0 Å². The molecule has 2 aromatic rings. The summed E-state index contributed by atoms with van der Waals surface area (Å²) < 4.78 is 1.46. The van der Waals surface area contributed by atoms with Gasteiger partial charge in [-0.3, -0.25) is 14.6 Å². The zero-order chi connectivity index (χ0) is 11.5. The fourth-order valence-electron chi connectivity index (χ4n) is 1.28. The predicted molar refractivity (Wildman–Crippen MR) is 58.6 cm³/mol. The standard InChI is InChI=1S/C9H12N6O/c1-6-4-8(13-12-6)11-9(16)5-15-3-2-7(10)14-15/h2-4H,5H2,1H3,(H2,10,14)(H2,11,12,13,16). The van der Waals surface area contributed by atoms with Crippen LogP contribution < -0.4 is 11.1 Å². The molecule has 2 aromatic heterocycles. The molecule has 0 atom stereocenters. The number of aromatic nitrogens is 4. The third-order valence-corrected chi connectivity index (χ3v) is 1.94. The van der Waals surface area contributed by atoms with Crippen molar-refractivity contribution < 1.29 is 4.79 Å². The summed E-state index contributed by atoms with van der Waals surface area (Å²) >= 11 is 0. The third-order valence-electron chi connectivity index (χ3n) is 1.94. The van der Waals surface area contributed by atoms with Crippen molar-refractivity contribution in [2.24, 2.45) is 0 Å². The number of aryl methyl sites for hydroxylation is 1. The van der Waals surface area contributed by atoms with Crippen LogP contribution in [0.5, 0.6) is 0 Å². The van der Waals surface area contributed by atoms with Gasteiger partial charge in [0, 0.05) is 18.0 Å². The summed E-state index contributed by atoms with van der Waals surface area (Å²) in [5.41, 5.74) is 6.32. The lowest BCUT2D eigenvalue weighted by Crippen LogP contribution is -2.19. The first-order valence-corrected chi connectivity index (χ1v) is 4.74. The highest BCUT2D eigenvalue weighted by molar-refractivity contribution is 5.89. The molecule has 0 spiro atoms.